The summed E-state index contributed by atoms with van der Waals surface area (Å²) in [4.78, 5) is 21.1. The molecule has 6 heteroatoms. The Balaban J connectivity index is 1.81. The van der Waals surface area contributed by atoms with Gasteiger partial charge < -0.3 is 15.3 Å². The molecule has 1 aliphatic heterocycles. The number of nitrogens with one attached hydrogen (secondary N) is 1. The molecule has 0 radical (unpaired) electrons. The van der Waals surface area contributed by atoms with Crippen molar-refractivity contribution in [3.8, 4) is 0 Å². The van der Waals surface area contributed by atoms with Crippen LogP contribution < -0.4 is 5.32 Å². The number of rotatable bonds is 5. The van der Waals surface area contributed by atoms with Gasteiger partial charge in [0.05, 0.1) is 0 Å². The van der Waals surface area contributed by atoms with Crippen molar-refractivity contribution in [3.05, 3.63) is 18.1 Å². The molecule has 0 bridgehead atoms. The lowest BCUT2D eigenvalue weighted by Gasteiger charge is -2.28. The third-order valence-electron chi connectivity index (χ3n) is 3.63. The number of piperidine rings is 1. The van der Waals surface area contributed by atoms with Gasteiger partial charge in [-0.15, -0.1) is 0 Å². The smallest absolute Gasteiger partial charge is 0.341 e. The van der Waals surface area contributed by atoms with E-state index in [0.717, 1.165) is 32.0 Å². The summed E-state index contributed by atoms with van der Waals surface area (Å²) in [7, 11) is 2.15. The third-order valence-corrected chi connectivity index (χ3v) is 3.63. The molecule has 0 atom stereocenters. The first-order valence-corrected chi connectivity index (χ1v) is 6.62. The van der Waals surface area contributed by atoms with E-state index in [9.17, 15) is 4.79 Å². The fourth-order valence-electron chi connectivity index (χ4n) is 2.37. The molecular formula is C13H20N4O2. The molecule has 2 heterocycles. The van der Waals surface area contributed by atoms with Crippen molar-refractivity contribution in [1.29, 1.82) is 0 Å². The van der Waals surface area contributed by atoms with Crippen molar-refractivity contribution in [2.24, 2.45) is 5.92 Å². The average Bonchev–Trinajstić information content (AvgIpc) is 2.41. The van der Waals surface area contributed by atoms with Crippen LogP contribution in [0, 0.1) is 5.92 Å². The molecule has 1 aromatic rings. The summed E-state index contributed by atoms with van der Waals surface area (Å²) in [6.45, 7) is 3.06. The largest absolute Gasteiger partial charge is 0.477 e. The molecule has 0 aliphatic carbocycles. The second-order valence-corrected chi connectivity index (χ2v) is 5.05. The standard InChI is InChI=1S/C13H20N4O2/c1-17-6-3-10(4-7-17)2-5-15-12-11(13(18)19)8-14-9-16-12/h8-10H,2-7H2,1H3,(H,18,19)(H,14,15,16). The Morgan fingerprint density at radius 2 is 2.26 bits per heavy atom. The number of likely N-dealkylation sites (tertiary alicyclic amines) is 1. The number of carboxylic acid groups (broad SMARTS) is 1. The summed E-state index contributed by atoms with van der Waals surface area (Å²) in [5.74, 6) is 0.136. The first-order chi connectivity index (χ1) is 9.16. The minimum Gasteiger partial charge on any atom is -0.477 e. The molecule has 19 heavy (non-hydrogen) atoms. The van der Waals surface area contributed by atoms with Gasteiger partial charge >= 0.3 is 5.97 Å². The Morgan fingerprint density at radius 3 is 2.95 bits per heavy atom. The Labute approximate surface area is 112 Å². The van der Waals surface area contributed by atoms with Crippen molar-refractivity contribution in [3.63, 3.8) is 0 Å². The second-order valence-electron chi connectivity index (χ2n) is 5.05. The van der Waals surface area contributed by atoms with Crippen LogP contribution in [0.5, 0.6) is 0 Å². The molecule has 1 saturated heterocycles. The third kappa shape index (κ3) is 3.89. The van der Waals surface area contributed by atoms with Crippen molar-refractivity contribution < 1.29 is 9.90 Å². The van der Waals surface area contributed by atoms with E-state index in [-0.39, 0.29) is 5.56 Å². The molecule has 1 aliphatic rings. The molecule has 0 spiro atoms. The Hall–Kier alpha value is -1.69. The maximum Gasteiger partial charge on any atom is 0.341 e. The molecule has 0 unspecified atom stereocenters. The number of aromatic carboxylic acids is 1. The zero-order valence-electron chi connectivity index (χ0n) is 11.2. The Kier molecular flexibility index (Phi) is 4.68. The fraction of sp³-hybridized carbons (Fsp3) is 0.615. The van der Waals surface area contributed by atoms with Crippen molar-refractivity contribution >= 4 is 11.8 Å². The van der Waals surface area contributed by atoms with Gasteiger partial charge in [0, 0.05) is 12.7 Å². The number of carboxylic acids is 1. The molecule has 0 saturated carbocycles. The minimum absolute atomic E-state index is 0.130. The van der Waals surface area contributed by atoms with E-state index in [2.05, 4.69) is 27.2 Å². The zero-order chi connectivity index (χ0) is 13.7. The van der Waals surface area contributed by atoms with Crippen LogP contribution >= 0.6 is 0 Å². The molecule has 0 aromatic carbocycles. The van der Waals surface area contributed by atoms with Crippen LogP contribution in [0.15, 0.2) is 12.5 Å². The van der Waals surface area contributed by atoms with E-state index in [1.54, 1.807) is 0 Å². The summed E-state index contributed by atoms with van der Waals surface area (Å²) in [6, 6.07) is 0. The molecule has 2 rings (SSSR count). The first-order valence-electron chi connectivity index (χ1n) is 6.62. The molecule has 1 fully saturated rings. The average molecular weight is 264 g/mol. The summed E-state index contributed by atoms with van der Waals surface area (Å²) >= 11 is 0. The molecule has 104 valence electrons. The SMILES string of the molecule is CN1CCC(CCNc2ncncc2C(=O)O)CC1. The van der Waals surface area contributed by atoms with Crippen LogP contribution in [0.1, 0.15) is 29.6 Å². The number of hydrogen-bond acceptors (Lipinski definition) is 5. The number of nitrogens with zero attached hydrogens (tertiary/aromatic N) is 3. The normalized spacial score (nSPS) is 17.3. The van der Waals surface area contributed by atoms with Crippen LogP contribution in [0.25, 0.3) is 0 Å². The Morgan fingerprint density at radius 1 is 1.53 bits per heavy atom. The maximum atomic E-state index is 11.0. The van der Waals surface area contributed by atoms with E-state index < -0.39 is 5.97 Å². The first kappa shape index (κ1) is 13.7. The van der Waals surface area contributed by atoms with E-state index in [1.165, 1.54) is 25.4 Å². The highest BCUT2D eigenvalue weighted by molar-refractivity contribution is 5.92. The van der Waals surface area contributed by atoms with Crippen LogP contribution in [0.2, 0.25) is 0 Å². The van der Waals surface area contributed by atoms with Gasteiger partial charge in [-0.3, -0.25) is 0 Å². The zero-order valence-corrected chi connectivity index (χ0v) is 11.2. The van der Waals surface area contributed by atoms with E-state index >= 15 is 0 Å². The molecular weight excluding hydrogens is 244 g/mol. The summed E-state index contributed by atoms with van der Waals surface area (Å²) in [6.07, 6.45) is 6.18. The quantitative estimate of drug-likeness (QED) is 0.835. The molecule has 0 amide bonds. The predicted octanol–water partition coefficient (Wildman–Crippen LogP) is 1.32. The van der Waals surface area contributed by atoms with Crippen LogP contribution in [-0.4, -0.2) is 52.6 Å². The molecule has 2 N–H and O–H groups in total. The fourth-order valence-corrected chi connectivity index (χ4v) is 2.37. The van der Waals surface area contributed by atoms with Gasteiger partial charge in [0.25, 0.3) is 0 Å². The number of carbonyl (C=O) groups is 1. The van der Waals surface area contributed by atoms with Crippen molar-refractivity contribution in [2.75, 3.05) is 32.0 Å². The van der Waals surface area contributed by atoms with Gasteiger partial charge in [0.2, 0.25) is 0 Å². The van der Waals surface area contributed by atoms with Crippen LogP contribution in [-0.2, 0) is 0 Å². The molecule has 1 aromatic heterocycles. The van der Waals surface area contributed by atoms with Crippen molar-refractivity contribution in [2.45, 2.75) is 19.3 Å². The topological polar surface area (TPSA) is 78.3 Å². The monoisotopic (exact) mass is 264 g/mol. The summed E-state index contributed by atoms with van der Waals surface area (Å²) in [5, 5.41) is 12.1. The minimum atomic E-state index is -0.998. The van der Waals surface area contributed by atoms with Gasteiger partial charge in [0.1, 0.15) is 17.7 Å². The van der Waals surface area contributed by atoms with E-state index in [0.29, 0.717) is 5.82 Å². The summed E-state index contributed by atoms with van der Waals surface area (Å²) in [5.41, 5.74) is 0.130. The Bertz CT molecular complexity index is 430. The highest BCUT2D eigenvalue weighted by Crippen LogP contribution is 2.19. The molecule has 6 nitrogen and oxygen atoms in total. The van der Waals surface area contributed by atoms with Gasteiger partial charge in [0.15, 0.2) is 0 Å². The lowest BCUT2D eigenvalue weighted by molar-refractivity contribution is 0.0697. The lowest BCUT2D eigenvalue weighted by Crippen LogP contribution is -2.31. The predicted molar refractivity (Wildman–Crippen MR) is 72.3 cm³/mol. The van der Waals surface area contributed by atoms with E-state index in [1.807, 2.05) is 0 Å². The highest BCUT2D eigenvalue weighted by Gasteiger charge is 2.17. The lowest BCUT2D eigenvalue weighted by atomic mass is 9.94. The van der Waals surface area contributed by atoms with Gasteiger partial charge in [-0.1, -0.05) is 0 Å². The second kappa shape index (κ2) is 6.47. The van der Waals surface area contributed by atoms with Gasteiger partial charge in [-0.05, 0) is 45.3 Å². The van der Waals surface area contributed by atoms with E-state index in [4.69, 9.17) is 5.11 Å². The van der Waals surface area contributed by atoms with Crippen LogP contribution in [0.3, 0.4) is 0 Å². The highest BCUT2D eigenvalue weighted by atomic mass is 16.4. The van der Waals surface area contributed by atoms with Crippen LogP contribution in [0.4, 0.5) is 5.82 Å². The number of hydrogen-bond donors (Lipinski definition) is 2. The number of anilines is 1. The van der Waals surface area contributed by atoms with Gasteiger partial charge in [-0.2, -0.15) is 0 Å². The van der Waals surface area contributed by atoms with Crippen molar-refractivity contribution in [1.82, 2.24) is 14.9 Å². The summed E-state index contributed by atoms with van der Waals surface area (Å²) < 4.78 is 0. The number of aromatic nitrogens is 2. The van der Waals surface area contributed by atoms with Gasteiger partial charge in [-0.25, -0.2) is 14.8 Å². The maximum absolute atomic E-state index is 11.0.